The first-order valence-corrected chi connectivity index (χ1v) is 22.1. The van der Waals surface area contributed by atoms with E-state index in [2.05, 4.69) is 252 Å². The van der Waals surface area contributed by atoms with Gasteiger partial charge in [0.1, 0.15) is 0 Å². The standard InChI is InChI=1S/C62H40N2/c1-2-17-47(18-3-1)64-61-39-44(31-36-57(61)58-37-30-42-14-4-9-21-52(42)62(58)64)41-26-32-48(33-27-41)63(60-40-46-16-6-8-20-51(46)54-23-12-13-25-56(54)60)49-34-28-43(29-35-49)59-38-45-15-5-7-19-50(45)53-22-10-11-24-55(53)59/h1-40H. The van der Waals surface area contributed by atoms with Gasteiger partial charge in [0.15, 0.2) is 0 Å². The predicted octanol–water partition coefficient (Wildman–Crippen LogP) is 17.4. The highest BCUT2D eigenvalue weighted by Crippen LogP contribution is 2.44. The molecule has 0 aliphatic carbocycles. The van der Waals surface area contributed by atoms with Gasteiger partial charge in [0, 0.05) is 38.6 Å². The van der Waals surface area contributed by atoms with Crippen molar-refractivity contribution in [2.24, 2.45) is 0 Å². The van der Waals surface area contributed by atoms with E-state index in [0.29, 0.717) is 0 Å². The largest absolute Gasteiger partial charge is 0.310 e. The maximum atomic E-state index is 2.45. The number of rotatable bonds is 6. The summed E-state index contributed by atoms with van der Waals surface area (Å²) in [5, 5.41) is 15.0. The first-order chi connectivity index (χ1) is 31.7. The Labute approximate surface area is 371 Å². The second kappa shape index (κ2) is 14.6. The van der Waals surface area contributed by atoms with Crippen LogP contribution in [0.2, 0.25) is 0 Å². The summed E-state index contributed by atoms with van der Waals surface area (Å²) in [5.41, 5.74) is 11.7. The van der Waals surface area contributed by atoms with Gasteiger partial charge in [-0.2, -0.15) is 0 Å². The summed E-state index contributed by atoms with van der Waals surface area (Å²) in [5.74, 6) is 0. The van der Waals surface area contributed by atoms with Crippen molar-refractivity contribution in [1.29, 1.82) is 0 Å². The summed E-state index contributed by atoms with van der Waals surface area (Å²) in [7, 11) is 0. The fourth-order valence-corrected chi connectivity index (χ4v) is 10.3. The molecule has 0 saturated heterocycles. The van der Waals surface area contributed by atoms with Crippen molar-refractivity contribution in [3.63, 3.8) is 0 Å². The van der Waals surface area contributed by atoms with Crippen LogP contribution in [0.1, 0.15) is 0 Å². The average molecular weight is 813 g/mol. The van der Waals surface area contributed by atoms with Crippen LogP contribution in [0.5, 0.6) is 0 Å². The van der Waals surface area contributed by atoms with Crippen LogP contribution in [-0.2, 0) is 0 Å². The molecule has 64 heavy (non-hydrogen) atoms. The van der Waals surface area contributed by atoms with E-state index in [1.165, 1.54) is 97.9 Å². The van der Waals surface area contributed by atoms with E-state index < -0.39 is 0 Å². The van der Waals surface area contributed by atoms with Crippen LogP contribution in [-0.4, -0.2) is 4.57 Å². The number of hydrogen-bond donors (Lipinski definition) is 0. The fraction of sp³-hybridized carbons (Fsp3) is 0. The molecule has 12 aromatic carbocycles. The molecule has 2 heteroatoms. The SMILES string of the molecule is c1ccc(-n2c3cc(-c4ccc(N(c5ccc(-c6cc7ccccc7c7ccccc67)cc5)c5cc6ccccc6c6ccccc56)cc4)ccc3c3ccc4ccccc4c32)cc1. The molecule has 0 N–H and O–H groups in total. The van der Waals surface area contributed by atoms with Crippen molar-refractivity contribution in [3.05, 3.63) is 243 Å². The van der Waals surface area contributed by atoms with Crippen molar-refractivity contribution >= 4 is 92.7 Å². The summed E-state index contributed by atoms with van der Waals surface area (Å²) in [6.07, 6.45) is 0. The van der Waals surface area contributed by atoms with Crippen molar-refractivity contribution in [2.45, 2.75) is 0 Å². The number of para-hydroxylation sites is 1. The Hall–Kier alpha value is -8.46. The van der Waals surface area contributed by atoms with Crippen molar-refractivity contribution in [2.75, 3.05) is 4.90 Å². The van der Waals surface area contributed by atoms with Crippen molar-refractivity contribution < 1.29 is 0 Å². The third-order valence-corrected chi connectivity index (χ3v) is 13.3. The van der Waals surface area contributed by atoms with Crippen LogP contribution in [0, 0.1) is 0 Å². The molecule has 298 valence electrons. The van der Waals surface area contributed by atoms with Crippen LogP contribution in [0.4, 0.5) is 17.1 Å². The Morgan fingerprint density at radius 2 is 0.781 bits per heavy atom. The first kappa shape index (κ1) is 36.2. The van der Waals surface area contributed by atoms with E-state index in [1.54, 1.807) is 0 Å². The molecule has 0 fully saturated rings. The second-order valence-electron chi connectivity index (χ2n) is 16.9. The molecule has 1 aromatic heterocycles. The average Bonchev–Trinajstić information content (AvgIpc) is 3.71. The Morgan fingerprint density at radius 3 is 1.47 bits per heavy atom. The molecule has 1 heterocycles. The maximum absolute atomic E-state index is 2.45. The van der Waals surface area contributed by atoms with Crippen LogP contribution >= 0.6 is 0 Å². The lowest BCUT2D eigenvalue weighted by Crippen LogP contribution is -2.10. The minimum Gasteiger partial charge on any atom is -0.310 e. The minimum atomic E-state index is 1.10. The molecule has 0 unspecified atom stereocenters. The summed E-state index contributed by atoms with van der Waals surface area (Å²) >= 11 is 0. The second-order valence-corrected chi connectivity index (χ2v) is 16.9. The third-order valence-electron chi connectivity index (χ3n) is 13.3. The Morgan fingerprint density at radius 1 is 0.281 bits per heavy atom. The Bertz CT molecular complexity index is 3940. The van der Waals surface area contributed by atoms with E-state index in [9.17, 15) is 0 Å². The highest BCUT2D eigenvalue weighted by Gasteiger charge is 2.20. The van der Waals surface area contributed by atoms with Gasteiger partial charge < -0.3 is 9.47 Å². The van der Waals surface area contributed by atoms with Gasteiger partial charge in [-0.15, -0.1) is 0 Å². The van der Waals surface area contributed by atoms with E-state index in [-0.39, 0.29) is 0 Å². The van der Waals surface area contributed by atoms with Crippen LogP contribution in [0.15, 0.2) is 243 Å². The van der Waals surface area contributed by atoms with Gasteiger partial charge in [-0.05, 0) is 120 Å². The molecule has 0 saturated carbocycles. The van der Waals surface area contributed by atoms with E-state index in [0.717, 1.165) is 22.7 Å². The number of aromatic nitrogens is 1. The van der Waals surface area contributed by atoms with Crippen LogP contribution < -0.4 is 4.90 Å². The summed E-state index contributed by atoms with van der Waals surface area (Å²) in [6.45, 7) is 0. The topological polar surface area (TPSA) is 8.17 Å². The summed E-state index contributed by atoms with van der Waals surface area (Å²) < 4.78 is 2.45. The molecular weight excluding hydrogens is 773 g/mol. The normalized spacial score (nSPS) is 11.8. The molecule has 13 rings (SSSR count). The molecule has 0 spiro atoms. The first-order valence-electron chi connectivity index (χ1n) is 22.1. The smallest absolute Gasteiger partial charge is 0.0619 e. The molecule has 0 aliphatic heterocycles. The van der Waals surface area contributed by atoms with Crippen molar-refractivity contribution in [3.8, 4) is 27.9 Å². The Balaban J connectivity index is 0.968. The molecule has 0 aliphatic rings. The highest BCUT2D eigenvalue weighted by atomic mass is 15.1. The minimum absolute atomic E-state index is 1.10. The Kier molecular flexibility index (Phi) is 8.25. The molecule has 0 amide bonds. The lowest BCUT2D eigenvalue weighted by molar-refractivity contribution is 1.19. The quantitative estimate of drug-likeness (QED) is 0.152. The van der Waals surface area contributed by atoms with Gasteiger partial charge in [0.2, 0.25) is 0 Å². The zero-order valence-electron chi connectivity index (χ0n) is 35.0. The lowest BCUT2D eigenvalue weighted by atomic mass is 9.93. The zero-order chi connectivity index (χ0) is 42.1. The van der Waals surface area contributed by atoms with Gasteiger partial charge in [-0.3, -0.25) is 0 Å². The predicted molar refractivity (Wildman–Crippen MR) is 274 cm³/mol. The number of nitrogens with zero attached hydrogens (tertiary/aromatic N) is 2. The molecular formula is C62H40N2. The van der Waals surface area contributed by atoms with Gasteiger partial charge >= 0.3 is 0 Å². The number of hydrogen-bond acceptors (Lipinski definition) is 1. The summed E-state index contributed by atoms with van der Waals surface area (Å²) in [4.78, 5) is 2.43. The third kappa shape index (κ3) is 5.73. The molecule has 2 nitrogen and oxygen atoms in total. The monoisotopic (exact) mass is 812 g/mol. The molecule has 0 radical (unpaired) electrons. The number of fused-ring (bicyclic) bond motifs is 11. The number of benzene rings is 12. The number of anilines is 3. The molecule has 0 bridgehead atoms. The van der Waals surface area contributed by atoms with Gasteiger partial charge in [-0.1, -0.05) is 188 Å². The molecule has 13 aromatic rings. The van der Waals surface area contributed by atoms with Crippen molar-refractivity contribution in [1.82, 2.24) is 4.57 Å². The van der Waals surface area contributed by atoms with Gasteiger partial charge in [0.05, 0.1) is 16.7 Å². The molecule has 0 atom stereocenters. The summed E-state index contributed by atoms with van der Waals surface area (Å²) in [6, 6.07) is 89.1. The lowest BCUT2D eigenvalue weighted by Gasteiger charge is -2.28. The van der Waals surface area contributed by atoms with Gasteiger partial charge in [0.25, 0.3) is 0 Å². The van der Waals surface area contributed by atoms with Crippen LogP contribution in [0.25, 0.3) is 104 Å². The maximum Gasteiger partial charge on any atom is 0.0619 e. The fourth-order valence-electron chi connectivity index (χ4n) is 10.3. The zero-order valence-corrected chi connectivity index (χ0v) is 35.0. The van der Waals surface area contributed by atoms with E-state index >= 15 is 0 Å². The van der Waals surface area contributed by atoms with Crippen LogP contribution in [0.3, 0.4) is 0 Å². The van der Waals surface area contributed by atoms with E-state index in [4.69, 9.17) is 0 Å². The van der Waals surface area contributed by atoms with Gasteiger partial charge in [-0.25, -0.2) is 0 Å². The highest BCUT2D eigenvalue weighted by molar-refractivity contribution is 6.19. The van der Waals surface area contributed by atoms with E-state index in [1.807, 2.05) is 0 Å².